The van der Waals surface area contributed by atoms with Gasteiger partial charge in [0.25, 0.3) is 5.91 Å². The molecule has 0 unspecified atom stereocenters. The summed E-state index contributed by atoms with van der Waals surface area (Å²) in [6.07, 6.45) is 3.85. The van der Waals surface area contributed by atoms with Gasteiger partial charge in [-0.15, -0.1) is 0 Å². The van der Waals surface area contributed by atoms with Gasteiger partial charge < -0.3 is 4.74 Å². The first-order chi connectivity index (χ1) is 17.1. The van der Waals surface area contributed by atoms with Crippen molar-refractivity contribution < 1.29 is 9.53 Å². The van der Waals surface area contributed by atoms with Gasteiger partial charge in [-0.2, -0.15) is 0 Å². The molecule has 0 N–H and O–H groups in total. The molecule has 0 fully saturated rings. The number of amides is 1. The predicted molar refractivity (Wildman–Crippen MR) is 144 cm³/mol. The zero-order chi connectivity index (χ0) is 24.2. The number of halogens is 1. The van der Waals surface area contributed by atoms with E-state index >= 15 is 0 Å². The molecule has 0 aromatic heterocycles. The number of hydrogen-bond acceptors (Lipinski definition) is 2. The summed E-state index contributed by atoms with van der Waals surface area (Å²) in [5.41, 5.74) is 6.34. The van der Waals surface area contributed by atoms with Crippen LogP contribution in [-0.4, -0.2) is 12.5 Å². The number of nitrogens with zero attached hydrogens (tertiary/aromatic N) is 1. The minimum atomic E-state index is -0.0729. The highest BCUT2D eigenvalue weighted by Crippen LogP contribution is 2.36. The van der Waals surface area contributed by atoms with Crippen LogP contribution in [0.5, 0.6) is 5.75 Å². The third-order valence-corrected chi connectivity index (χ3v) is 6.12. The minimum absolute atomic E-state index is 0.0729. The Hall–Kier alpha value is -4.08. The van der Waals surface area contributed by atoms with E-state index in [1.165, 1.54) is 0 Å². The van der Waals surface area contributed by atoms with Gasteiger partial charge in [-0.25, -0.2) is 0 Å². The van der Waals surface area contributed by atoms with Gasteiger partial charge in [-0.3, -0.25) is 9.69 Å². The third-order valence-electron chi connectivity index (χ3n) is 5.87. The average molecular weight is 478 g/mol. The van der Waals surface area contributed by atoms with Crippen LogP contribution in [-0.2, 0) is 4.79 Å². The molecule has 5 rings (SSSR count). The van der Waals surface area contributed by atoms with Crippen LogP contribution in [0, 0.1) is 0 Å². The van der Waals surface area contributed by atoms with Crippen LogP contribution in [0.25, 0.3) is 22.9 Å². The van der Waals surface area contributed by atoms with E-state index in [1.54, 1.807) is 4.90 Å². The van der Waals surface area contributed by atoms with E-state index in [9.17, 15) is 4.79 Å². The van der Waals surface area contributed by atoms with E-state index in [0.29, 0.717) is 17.2 Å². The molecular weight excluding hydrogens is 454 g/mol. The second kappa shape index (κ2) is 10.0. The summed E-state index contributed by atoms with van der Waals surface area (Å²) in [6.45, 7) is 2.57. The number of anilines is 1. The highest BCUT2D eigenvalue weighted by atomic mass is 35.5. The van der Waals surface area contributed by atoms with Gasteiger partial charge in [0, 0.05) is 16.3 Å². The second-order valence-corrected chi connectivity index (χ2v) is 8.63. The second-order valence-electron chi connectivity index (χ2n) is 8.19. The molecule has 1 aliphatic rings. The Morgan fingerprint density at radius 3 is 2.06 bits per heavy atom. The normalized spacial score (nSPS) is 14.3. The van der Waals surface area contributed by atoms with Gasteiger partial charge in [-0.05, 0) is 77.7 Å². The van der Waals surface area contributed by atoms with Crippen LogP contribution in [0.15, 0.2) is 115 Å². The first-order valence-electron chi connectivity index (χ1n) is 11.5. The Morgan fingerprint density at radius 1 is 0.771 bits per heavy atom. The fourth-order valence-electron chi connectivity index (χ4n) is 4.14. The van der Waals surface area contributed by atoms with Gasteiger partial charge >= 0.3 is 0 Å². The lowest BCUT2D eigenvalue weighted by Gasteiger charge is -2.21. The molecule has 1 aliphatic heterocycles. The van der Waals surface area contributed by atoms with Gasteiger partial charge in [0.1, 0.15) is 5.75 Å². The van der Waals surface area contributed by atoms with Crippen molar-refractivity contribution in [1.82, 2.24) is 0 Å². The van der Waals surface area contributed by atoms with Crippen molar-refractivity contribution in [2.24, 2.45) is 0 Å². The molecule has 0 spiro atoms. The summed E-state index contributed by atoms with van der Waals surface area (Å²) in [7, 11) is 0. The predicted octanol–water partition coefficient (Wildman–Crippen LogP) is 7.88. The highest BCUT2D eigenvalue weighted by Gasteiger charge is 2.30. The zero-order valence-corrected chi connectivity index (χ0v) is 20.1. The molecular formula is C31H24ClNO2. The Labute approximate surface area is 210 Å². The van der Waals surface area contributed by atoms with Gasteiger partial charge in [0.05, 0.1) is 12.3 Å². The van der Waals surface area contributed by atoms with E-state index in [0.717, 1.165) is 39.4 Å². The highest BCUT2D eigenvalue weighted by molar-refractivity contribution is 6.30. The first kappa shape index (κ1) is 22.7. The van der Waals surface area contributed by atoms with E-state index in [4.69, 9.17) is 16.3 Å². The summed E-state index contributed by atoms with van der Waals surface area (Å²) in [6, 6.07) is 33.6. The summed E-state index contributed by atoms with van der Waals surface area (Å²) >= 11 is 6.13. The first-order valence-corrected chi connectivity index (χ1v) is 11.9. The Morgan fingerprint density at radius 2 is 1.40 bits per heavy atom. The number of hydrogen-bond donors (Lipinski definition) is 0. The number of rotatable bonds is 6. The molecule has 0 atom stereocenters. The smallest absolute Gasteiger partial charge is 0.262 e. The molecule has 0 saturated carbocycles. The maximum Gasteiger partial charge on any atom is 0.262 e. The fourth-order valence-corrected chi connectivity index (χ4v) is 4.27. The van der Waals surface area contributed by atoms with Crippen LogP contribution in [0.3, 0.4) is 0 Å². The Bertz CT molecular complexity index is 1390. The molecule has 1 amide bonds. The monoisotopic (exact) mass is 477 g/mol. The Kier molecular flexibility index (Phi) is 6.51. The lowest BCUT2D eigenvalue weighted by Crippen LogP contribution is -2.24. The zero-order valence-electron chi connectivity index (χ0n) is 19.3. The summed E-state index contributed by atoms with van der Waals surface area (Å²) in [4.78, 5) is 15.4. The number of carbonyl (C=O) groups is 1. The Balaban J connectivity index is 1.52. The lowest BCUT2D eigenvalue weighted by molar-refractivity contribution is -0.113. The van der Waals surface area contributed by atoms with E-state index in [1.807, 2.05) is 110 Å². The van der Waals surface area contributed by atoms with Crippen molar-refractivity contribution in [3.8, 4) is 16.9 Å². The average Bonchev–Trinajstić information content (AvgIpc) is 3.22. The molecule has 35 heavy (non-hydrogen) atoms. The molecule has 172 valence electrons. The van der Waals surface area contributed by atoms with Gasteiger partial charge in [0.2, 0.25) is 0 Å². The maximum atomic E-state index is 13.6. The topological polar surface area (TPSA) is 29.5 Å². The number of ether oxygens (including phenoxy) is 1. The SMILES string of the molecule is CCOc1ccc(/C=C2\C=C(c3ccc(Cl)cc3)N(c3ccc(-c4ccccc4)cc3)C2=O)cc1. The molecule has 1 heterocycles. The van der Waals surface area contributed by atoms with Gasteiger partial charge in [-0.1, -0.05) is 78.3 Å². The standard InChI is InChI=1S/C31H24ClNO2/c1-2-35-29-18-8-22(9-19-29)20-26-21-30(25-10-14-27(32)15-11-25)33(31(26)34)28-16-12-24(13-17-28)23-6-4-3-5-7-23/h3-21H,2H2,1H3/b26-20+. The van der Waals surface area contributed by atoms with E-state index < -0.39 is 0 Å². The molecule has 3 nitrogen and oxygen atoms in total. The molecule has 4 aromatic rings. The van der Waals surface area contributed by atoms with Crippen LogP contribution < -0.4 is 9.64 Å². The van der Waals surface area contributed by atoms with Crippen molar-refractivity contribution in [2.45, 2.75) is 6.92 Å². The van der Waals surface area contributed by atoms with Crippen molar-refractivity contribution >= 4 is 35.0 Å². The van der Waals surface area contributed by atoms with Crippen molar-refractivity contribution in [3.63, 3.8) is 0 Å². The quantitative estimate of drug-likeness (QED) is 0.264. The van der Waals surface area contributed by atoms with E-state index in [-0.39, 0.29) is 5.91 Å². The molecule has 0 radical (unpaired) electrons. The van der Waals surface area contributed by atoms with Crippen molar-refractivity contribution in [2.75, 3.05) is 11.5 Å². The number of carbonyl (C=O) groups excluding carboxylic acids is 1. The molecule has 0 saturated heterocycles. The summed E-state index contributed by atoms with van der Waals surface area (Å²) in [5.74, 6) is 0.737. The third kappa shape index (κ3) is 4.91. The maximum absolute atomic E-state index is 13.6. The van der Waals surface area contributed by atoms with E-state index in [2.05, 4.69) is 12.1 Å². The van der Waals surface area contributed by atoms with Crippen LogP contribution in [0.1, 0.15) is 18.1 Å². The van der Waals surface area contributed by atoms with Crippen LogP contribution in [0.2, 0.25) is 5.02 Å². The van der Waals surface area contributed by atoms with Gasteiger partial charge in [0.15, 0.2) is 0 Å². The van der Waals surface area contributed by atoms with Crippen LogP contribution in [0.4, 0.5) is 5.69 Å². The fraction of sp³-hybridized carbons (Fsp3) is 0.0645. The summed E-state index contributed by atoms with van der Waals surface area (Å²) in [5, 5.41) is 0.655. The summed E-state index contributed by atoms with van der Waals surface area (Å²) < 4.78 is 5.53. The van der Waals surface area contributed by atoms with Crippen molar-refractivity contribution in [3.05, 3.63) is 131 Å². The largest absolute Gasteiger partial charge is 0.494 e. The molecule has 4 aromatic carbocycles. The van der Waals surface area contributed by atoms with Crippen molar-refractivity contribution in [1.29, 1.82) is 0 Å². The molecule has 0 aliphatic carbocycles. The molecule has 0 bridgehead atoms. The lowest BCUT2D eigenvalue weighted by atomic mass is 10.0. The minimum Gasteiger partial charge on any atom is -0.494 e. The van der Waals surface area contributed by atoms with Crippen LogP contribution >= 0.6 is 11.6 Å². The molecule has 4 heteroatoms. The number of benzene rings is 4.